The van der Waals surface area contributed by atoms with E-state index >= 15 is 0 Å². The predicted molar refractivity (Wildman–Crippen MR) is 95.1 cm³/mol. The summed E-state index contributed by atoms with van der Waals surface area (Å²) in [4.78, 5) is 12.5. The minimum Gasteiger partial charge on any atom is -0.502 e. The highest BCUT2D eigenvalue weighted by Crippen LogP contribution is 2.44. The van der Waals surface area contributed by atoms with Crippen molar-refractivity contribution in [3.63, 3.8) is 0 Å². The van der Waals surface area contributed by atoms with Gasteiger partial charge in [0.25, 0.3) is 0 Å². The number of hydrogen-bond donors (Lipinski definition) is 1. The highest BCUT2D eigenvalue weighted by molar-refractivity contribution is 9.10. The first-order valence-electron chi connectivity index (χ1n) is 7.15. The van der Waals surface area contributed by atoms with Crippen molar-refractivity contribution in [3.8, 4) is 28.6 Å². The van der Waals surface area contributed by atoms with Crippen LogP contribution in [0.4, 0.5) is 0 Å². The van der Waals surface area contributed by atoms with Crippen molar-refractivity contribution in [2.75, 3.05) is 14.2 Å². The average Bonchev–Trinajstić information content (AvgIpc) is 2.58. The van der Waals surface area contributed by atoms with Gasteiger partial charge in [-0.3, -0.25) is 4.79 Å². The van der Waals surface area contributed by atoms with Gasteiger partial charge in [-0.15, -0.1) is 0 Å². The summed E-state index contributed by atoms with van der Waals surface area (Å²) < 4.78 is 16.9. The van der Waals surface area contributed by atoms with E-state index in [4.69, 9.17) is 13.9 Å². The first-order chi connectivity index (χ1) is 11.5. The molecule has 124 valence electrons. The van der Waals surface area contributed by atoms with Gasteiger partial charge in [-0.05, 0) is 47.1 Å². The fourth-order valence-electron chi connectivity index (χ4n) is 2.55. The van der Waals surface area contributed by atoms with E-state index in [1.807, 2.05) is 13.0 Å². The fraction of sp³-hybridized carbons (Fsp3) is 0.167. The van der Waals surface area contributed by atoms with Crippen molar-refractivity contribution in [2.24, 2.45) is 0 Å². The molecule has 2 aromatic carbocycles. The maximum absolute atomic E-state index is 12.5. The van der Waals surface area contributed by atoms with Crippen LogP contribution in [0.5, 0.6) is 17.2 Å². The number of aryl methyl sites for hydroxylation is 1. The molecule has 1 N–H and O–H groups in total. The summed E-state index contributed by atoms with van der Waals surface area (Å²) in [7, 11) is 3.03. The summed E-state index contributed by atoms with van der Waals surface area (Å²) in [6.07, 6.45) is 0. The van der Waals surface area contributed by atoms with Gasteiger partial charge in [-0.25, -0.2) is 0 Å². The highest BCUT2D eigenvalue weighted by Gasteiger charge is 2.21. The van der Waals surface area contributed by atoms with Gasteiger partial charge in [0.05, 0.1) is 24.1 Å². The Bertz CT molecular complexity index is 991. The maximum Gasteiger partial charge on any atom is 0.235 e. The molecule has 3 rings (SSSR count). The number of ether oxygens (including phenoxy) is 2. The van der Waals surface area contributed by atoms with E-state index in [0.717, 1.165) is 5.56 Å². The van der Waals surface area contributed by atoms with Crippen molar-refractivity contribution < 1.29 is 19.0 Å². The molecular weight excluding hydrogens is 376 g/mol. The summed E-state index contributed by atoms with van der Waals surface area (Å²) in [5.74, 6) is 0.595. The van der Waals surface area contributed by atoms with Crippen LogP contribution in [0.2, 0.25) is 0 Å². The molecule has 1 heterocycles. The maximum atomic E-state index is 12.5. The number of benzene rings is 2. The van der Waals surface area contributed by atoms with Crippen LogP contribution < -0.4 is 14.9 Å². The van der Waals surface area contributed by atoms with E-state index in [9.17, 15) is 9.90 Å². The van der Waals surface area contributed by atoms with E-state index in [0.29, 0.717) is 32.5 Å². The number of fused-ring (bicyclic) bond motifs is 1. The molecule has 0 saturated heterocycles. The van der Waals surface area contributed by atoms with Crippen LogP contribution in [0.15, 0.2) is 44.0 Å². The van der Waals surface area contributed by atoms with Gasteiger partial charge in [0.2, 0.25) is 11.2 Å². The zero-order chi connectivity index (χ0) is 17.4. The monoisotopic (exact) mass is 390 g/mol. The van der Waals surface area contributed by atoms with E-state index in [1.54, 1.807) is 24.3 Å². The lowest BCUT2D eigenvalue weighted by molar-refractivity contribution is 0.353. The van der Waals surface area contributed by atoms with Crippen molar-refractivity contribution in [3.05, 3.63) is 50.6 Å². The average molecular weight is 391 g/mol. The molecule has 0 aliphatic heterocycles. The van der Waals surface area contributed by atoms with Crippen molar-refractivity contribution in [1.82, 2.24) is 0 Å². The van der Waals surface area contributed by atoms with Gasteiger partial charge in [-0.1, -0.05) is 11.6 Å². The molecule has 0 fully saturated rings. The van der Waals surface area contributed by atoms with Crippen LogP contribution in [0.3, 0.4) is 0 Å². The number of aromatic hydroxyl groups is 1. The SMILES string of the molecule is COc1ccc(-c2oc3ccc(C)cc3c(=O)c2O)c(Br)c1OC. The number of rotatable bonds is 3. The fourth-order valence-corrected chi connectivity index (χ4v) is 3.22. The van der Waals surface area contributed by atoms with Crippen molar-refractivity contribution >= 4 is 26.9 Å². The molecule has 0 radical (unpaired) electrons. The minimum atomic E-state index is -0.475. The molecule has 0 unspecified atom stereocenters. The Labute approximate surface area is 146 Å². The molecule has 0 bridgehead atoms. The minimum absolute atomic E-state index is 0.0733. The lowest BCUT2D eigenvalue weighted by Gasteiger charge is -2.13. The number of methoxy groups -OCH3 is 2. The Morgan fingerprint density at radius 1 is 1.12 bits per heavy atom. The van der Waals surface area contributed by atoms with Crippen LogP contribution in [0.25, 0.3) is 22.3 Å². The summed E-state index contributed by atoms with van der Waals surface area (Å²) in [6.45, 7) is 1.87. The summed E-state index contributed by atoms with van der Waals surface area (Å²) in [6, 6.07) is 8.61. The topological polar surface area (TPSA) is 68.9 Å². The second-order valence-electron chi connectivity index (χ2n) is 5.27. The first kappa shape index (κ1) is 16.4. The summed E-state index contributed by atoms with van der Waals surface area (Å²) in [5.41, 5.74) is 1.33. The Hall–Kier alpha value is -2.47. The normalized spacial score (nSPS) is 10.8. The molecular formula is C18H15BrO5. The van der Waals surface area contributed by atoms with Crippen molar-refractivity contribution in [2.45, 2.75) is 6.92 Å². The standard InChI is InChI=1S/C18H15BrO5/c1-9-4-6-12-11(8-9)15(20)16(21)17(24-12)10-5-7-13(22-2)18(23-3)14(10)19/h4-8,21H,1-3H3. The largest absolute Gasteiger partial charge is 0.502 e. The lowest BCUT2D eigenvalue weighted by Crippen LogP contribution is -2.03. The molecule has 0 aliphatic carbocycles. The predicted octanol–water partition coefficient (Wildman–Crippen LogP) is 4.25. The van der Waals surface area contributed by atoms with Gasteiger partial charge in [0.15, 0.2) is 17.3 Å². The molecule has 1 aromatic heterocycles. The number of hydrogen-bond acceptors (Lipinski definition) is 5. The smallest absolute Gasteiger partial charge is 0.235 e. The molecule has 0 saturated carbocycles. The summed E-state index contributed by atoms with van der Waals surface area (Å²) >= 11 is 3.43. The van der Waals surface area contributed by atoms with Crippen molar-refractivity contribution in [1.29, 1.82) is 0 Å². The summed E-state index contributed by atoms with van der Waals surface area (Å²) in [5, 5.41) is 10.7. The Morgan fingerprint density at radius 3 is 2.54 bits per heavy atom. The Balaban J connectivity index is 2.33. The van der Waals surface area contributed by atoms with Gasteiger partial charge in [0.1, 0.15) is 5.58 Å². The van der Waals surface area contributed by atoms with Crippen LogP contribution in [-0.2, 0) is 0 Å². The van der Waals surface area contributed by atoms with Gasteiger partial charge >= 0.3 is 0 Å². The molecule has 5 nitrogen and oxygen atoms in total. The van der Waals surface area contributed by atoms with Gasteiger partial charge in [-0.2, -0.15) is 0 Å². The van der Waals surface area contributed by atoms with E-state index in [-0.39, 0.29) is 5.76 Å². The molecule has 0 amide bonds. The van der Waals surface area contributed by atoms with Gasteiger partial charge < -0.3 is 19.0 Å². The molecule has 3 aromatic rings. The van der Waals surface area contributed by atoms with E-state index < -0.39 is 11.2 Å². The second kappa shape index (κ2) is 6.20. The van der Waals surface area contributed by atoms with Crippen LogP contribution in [0.1, 0.15) is 5.56 Å². The lowest BCUT2D eigenvalue weighted by atomic mass is 10.1. The van der Waals surface area contributed by atoms with E-state index in [2.05, 4.69) is 15.9 Å². The third-order valence-corrected chi connectivity index (χ3v) is 4.54. The van der Waals surface area contributed by atoms with Gasteiger partial charge in [0, 0.05) is 5.56 Å². The Kier molecular flexibility index (Phi) is 4.24. The molecule has 0 atom stereocenters. The highest BCUT2D eigenvalue weighted by atomic mass is 79.9. The quantitative estimate of drug-likeness (QED) is 0.723. The molecule has 0 spiro atoms. The first-order valence-corrected chi connectivity index (χ1v) is 7.94. The third-order valence-electron chi connectivity index (χ3n) is 3.75. The molecule has 6 heteroatoms. The zero-order valence-electron chi connectivity index (χ0n) is 13.3. The zero-order valence-corrected chi connectivity index (χ0v) is 14.9. The van der Waals surface area contributed by atoms with Crippen LogP contribution in [-0.4, -0.2) is 19.3 Å². The molecule has 24 heavy (non-hydrogen) atoms. The molecule has 0 aliphatic rings. The Morgan fingerprint density at radius 2 is 1.88 bits per heavy atom. The third kappa shape index (κ3) is 2.53. The van der Waals surface area contributed by atoms with Crippen LogP contribution >= 0.6 is 15.9 Å². The van der Waals surface area contributed by atoms with Crippen LogP contribution in [0, 0.1) is 6.92 Å². The second-order valence-corrected chi connectivity index (χ2v) is 6.06. The van der Waals surface area contributed by atoms with E-state index in [1.165, 1.54) is 14.2 Å². The number of halogens is 1.